The fourth-order valence-corrected chi connectivity index (χ4v) is 1.45. The molecular formula is C11H16N2O4. The van der Waals surface area contributed by atoms with Gasteiger partial charge in [-0.2, -0.15) is 0 Å². The molecule has 0 atom stereocenters. The third-order valence-corrected chi connectivity index (χ3v) is 2.24. The number of hydrogen-bond donors (Lipinski definition) is 3. The first-order valence-electron chi connectivity index (χ1n) is 5.32. The number of furan rings is 1. The molecule has 0 saturated carbocycles. The van der Waals surface area contributed by atoms with E-state index in [1.54, 1.807) is 13.0 Å². The molecule has 1 aromatic heterocycles. The summed E-state index contributed by atoms with van der Waals surface area (Å²) in [7, 11) is 0. The van der Waals surface area contributed by atoms with E-state index in [9.17, 15) is 9.59 Å². The molecule has 0 spiro atoms. The maximum absolute atomic E-state index is 10.7. The molecule has 6 nitrogen and oxygen atoms in total. The lowest BCUT2D eigenvalue weighted by Gasteiger charge is -2.00. The first-order valence-corrected chi connectivity index (χ1v) is 5.32. The van der Waals surface area contributed by atoms with Gasteiger partial charge in [-0.15, -0.1) is 0 Å². The smallest absolute Gasteiger partial charge is 0.372 e. The number of carboxylic acid groups (broad SMARTS) is 1. The second-order valence-corrected chi connectivity index (χ2v) is 3.78. The van der Waals surface area contributed by atoms with Crippen LogP contribution in [-0.2, 0) is 11.3 Å². The number of nitrogens with one attached hydrogen (secondary N) is 1. The Kier molecular flexibility index (Phi) is 4.71. The number of carbonyl (C=O) groups is 2. The van der Waals surface area contributed by atoms with Gasteiger partial charge in [0.2, 0.25) is 11.7 Å². The van der Waals surface area contributed by atoms with Gasteiger partial charge in [-0.25, -0.2) is 4.79 Å². The molecule has 4 N–H and O–H groups in total. The molecule has 17 heavy (non-hydrogen) atoms. The van der Waals surface area contributed by atoms with Gasteiger partial charge in [0, 0.05) is 12.0 Å². The SMILES string of the molecule is Cc1cc(CNCCCC(N)=O)oc1C(=O)O. The molecule has 0 aliphatic carbocycles. The first-order chi connectivity index (χ1) is 8.00. The minimum Gasteiger partial charge on any atom is -0.475 e. The highest BCUT2D eigenvalue weighted by Gasteiger charge is 2.13. The zero-order chi connectivity index (χ0) is 12.8. The van der Waals surface area contributed by atoms with Gasteiger partial charge in [0.05, 0.1) is 6.54 Å². The van der Waals surface area contributed by atoms with Crippen molar-refractivity contribution in [1.29, 1.82) is 0 Å². The second kappa shape index (κ2) is 6.05. The quantitative estimate of drug-likeness (QED) is 0.606. The van der Waals surface area contributed by atoms with Crippen molar-refractivity contribution < 1.29 is 19.1 Å². The highest BCUT2D eigenvalue weighted by Crippen LogP contribution is 2.14. The van der Waals surface area contributed by atoms with Gasteiger partial charge in [-0.3, -0.25) is 4.79 Å². The molecule has 0 bridgehead atoms. The number of carbonyl (C=O) groups excluding carboxylic acids is 1. The summed E-state index contributed by atoms with van der Waals surface area (Å²) in [4.78, 5) is 21.2. The molecular weight excluding hydrogens is 224 g/mol. The van der Waals surface area contributed by atoms with Gasteiger partial charge in [0.25, 0.3) is 0 Å². The number of aryl methyl sites for hydroxylation is 1. The van der Waals surface area contributed by atoms with Crippen LogP contribution in [0.2, 0.25) is 0 Å². The number of rotatable bonds is 7. The van der Waals surface area contributed by atoms with Crippen LogP contribution in [0.3, 0.4) is 0 Å². The molecule has 94 valence electrons. The molecule has 0 radical (unpaired) electrons. The first kappa shape index (κ1) is 13.2. The summed E-state index contributed by atoms with van der Waals surface area (Å²) in [5, 5.41) is 11.8. The van der Waals surface area contributed by atoms with Gasteiger partial charge in [0.1, 0.15) is 5.76 Å². The number of aromatic carboxylic acids is 1. The van der Waals surface area contributed by atoms with E-state index in [1.165, 1.54) is 0 Å². The van der Waals surface area contributed by atoms with Crippen molar-refractivity contribution in [2.45, 2.75) is 26.3 Å². The van der Waals surface area contributed by atoms with Crippen LogP contribution in [-0.4, -0.2) is 23.5 Å². The standard InChI is InChI=1S/C11H16N2O4/c1-7-5-8(17-10(7)11(15)16)6-13-4-2-3-9(12)14/h5,13H,2-4,6H2,1H3,(H2,12,14)(H,15,16). The molecule has 0 fully saturated rings. The zero-order valence-electron chi connectivity index (χ0n) is 9.66. The van der Waals surface area contributed by atoms with Crippen LogP contribution in [0.4, 0.5) is 0 Å². The Bertz CT molecular complexity index is 412. The highest BCUT2D eigenvalue weighted by atomic mass is 16.4. The maximum atomic E-state index is 10.7. The summed E-state index contributed by atoms with van der Waals surface area (Å²) in [5.74, 6) is -0.853. The summed E-state index contributed by atoms with van der Waals surface area (Å²) in [5.41, 5.74) is 5.59. The van der Waals surface area contributed by atoms with E-state index >= 15 is 0 Å². The Hall–Kier alpha value is -1.82. The van der Waals surface area contributed by atoms with E-state index < -0.39 is 5.97 Å². The summed E-state index contributed by atoms with van der Waals surface area (Å²) in [6.07, 6.45) is 0.991. The summed E-state index contributed by atoms with van der Waals surface area (Å²) in [6.45, 7) is 2.75. The average Bonchev–Trinajstić information content (AvgIpc) is 2.59. The van der Waals surface area contributed by atoms with E-state index in [0.717, 1.165) is 0 Å². The van der Waals surface area contributed by atoms with Gasteiger partial charge in [-0.05, 0) is 26.0 Å². The van der Waals surface area contributed by atoms with Crippen molar-refractivity contribution in [3.05, 3.63) is 23.2 Å². The largest absolute Gasteiger partial charge is 0.475 e. The Balaban J connectivity index is 2.35. The molecule has 0 unspecified atom stereocenters. The predicted octanol–water partition coefficient (Wildman–Crippen LogP) is 0.641. The van der Waals surface area contributed by atoms with Gasteiger partial charge >= 0.3 is 5.97 Å². The van der Waals surface area contributed by atoms with Crippen LogP contribution in [0.5, 0.6) is 0 Å². The Labute approximate surface area is 98.8 Å². The normalized spacial score (nSPS) is 10.4. The lowest BCUT2D eigenvalue weighted by Crippen LogP contribution is -2.17. The monoisotopic (exact) mass is 240 g/mol. The van der Waals surface area contributed by atoms with Crippen LogP contribution in [0.25, 0.3) is 0 Å². The topological polar surface area (TPSA) is 106 Å². The van der Waals surface area contributed by atoms with Crippen LogP contribution in [0.15, 0.2) is 10.5 Å². The van der Waals surface area contributed by atoms with Crippen molar-refractivity contribution in [2.75, 3.05) is 6.54 Å². The molecule has 0 aliphatic rings. The summed E-state index contributed by atoms with van der Waals surface area (Å²) >= 11 is 0. The fourth-order valence-electron chi connectivity index (χ4n) is 1.45. The Morgan fingerprint density at radius 2 is 2.24 bits per heavy atom. The molecule has 1 rings (SSSR count). The molecule has 1 amide bonds. The second-order valence-electron chi connectivity index (χ2n) is 3.78. The van der Waals surface area contributed by atoms with E-state index in [2.05, 4.69) is 5.32 Å². The third kappa shape index (κ3) is 4.28. The van der Waals surface area contributed by atoms with Crippen LogP contribution >= 0.6 is 0 Å². The van der Waals surface area contributed by atoms with Crippen LogP contribution < -0.4 is 11.1 Å². The van der Waals surface area contributed by atoms with E-state index in [4.69, 9.17) is 15.3 Å². The van der Waals surface area contributed by atoms with E-state index in [1.807, 2.05) is 0 Å². The van der Waals surface area contributed by atoms with Crippen LogP contribution in [0.1, 0.15) is 34.7 Å². The highest BCUT2D eigenvalue weighted by molar-refractivity contribution is 5.86. The predicted molar refractivity (Wildman–Crippen MR) is 60.5 cm³/mol. The van der Waals surface area contributed by atoms with Crippen molar-refractivity contribution in [3.63, 3.8) is 0 Å². The number of hydrogen-bond acceptors (Lipinski definition) is 4. The molecule has 0 saturated heterocycles. The number of amides is 1. The van der Waals surface area contributed by atoms with E-state index in [-0.39, 0.29) is 11.7 Å². The minimum absolute atomic E-state index is 0.0288. The molecule has 0 aromatic carbocycles. The average molecular weight is 240 g/mol. The number of carboxylic acids is 1. The summed E-state index contributed by atoms with van der Waals surface area (Å²) in [6, 6.07) is 1.69. The Morgan fingerprint density at radius 3 is 2.76 bits per heavy atom. The number of nitrogens with two attached hydrogens (primary N) is 1. The maximum Gasteiger partial charge on any atom is 0.372 e. The molecule has 1 aromatic rings. The zero-order valence-corrected chi connectivity index (χ0v) is 9.66. The van der Waals surface area contributed by atoms with E-state index in [0.29, 0.717) is 37.3 Å². The third-order valence-electron chi connectivity index (χ3n) is 2.24. The lowest BCUT2D eigenvalue weighted by atomic mass is 10.2. The van der Waals surface area contributed by atoms with Crippen molar-refractivity contribution in [3.8, 4) is 0 Å². The van der Waals surface area contributed by atoms with Crippen molar-refractivity contribution >= 4 is 11.9 Å². The summed E-state index contributed by atoms with van der Waals surface area (Å²) < 4.78 is 5.15. The van der Waals surface area contributed by atoms with Gasteiger partial charge in [0.15, 0.2) is 0 Å². The van der Waals surface area contributed by atoms with Crippen molar-refractivity contribution in [2.24, 2.45) is 5.73 Å². The minimum atomic E-state index is -1.07. The van der Waals surface area contributed by atoms with Crippen LogP contribution in [0, 0.1) is 6.92 Å². The number of primary amides is 1. The van der Waals surface area contributed by atoms with Gasteiger partial charge in [-0.1, -0.05) is 0 Å². The molecule has 6 heteroatoms. The Morgan fingerprint density at radius 1 is 1.53 bits per heavy atom. The molecule has 1 heterocycles. The molecule has 0 aliphatic heterocycles. The van der Waals surface area contributed by atoms with Crippen molar-refractivity contribution in [1.82, 2.24) is 5.32 Å². The lowest BCUT2D eigenvalue weighted by molar-refractivity contribution is -0.118. The van der Waals surface area contributed by atoms with Gasteiger partial charge < -0.3 is 20.6 Å². The fraction of sp³-hybridized carbons (Fsp3) is 0.455.